The van der Waals surface area contributed by atoms with Gasteiger partial charge in [0, 0.05) is 12.3 Å². The molecule has 0 aliphatic rings. The second kappa shape index (κ2) is 5.72. The standard InChI is InChI=1S/C11H16N2O4S/c1-2-18(16,17)6-5-13-10-7-8(11(14)15)3-4-9(10)12/h3-4,7,13H,2,5-6,12H2,1H3,(H,14,15). The summed E-state index contributed by atoms with van der Waals surface area (Å²) in [5.74, 6) is -0.987. The van der Waals surface area contributed by atoms with Crippen LogP contribution in [0.15, 0.2) is 18.2 Å². The number of carboxylic acid groups (broad SMARTS) is 1. The molecule has 18 heavy (non-hydrogen) atoms. The molecule has 0 unspecified atom stereocenters. The summed E-state index contributed by atoms with van der Waals surface area (Å²) < 4.78 is 22.6. The van der Waals surface area contributed by atoms with Gasteiger partial charge in [-0.2, -0.15) is 0 Å². The molecule has 0 saturated heterocycles. The first-order chi connectivity index (χ1) is 8.35. The Balaban J connectivity index is 2.73. The number of rotatable bonds is 6. The van der Waals surface area contributed by atoms with Gasteiger partial charge >= 0.3 is 5.97 Å². The zero-order valence-electron chi connectivity index (χ0n) is 10.0. The summed E-state index contributed by atoms with van der Waals surface area (Å²) in [6.45, 7) is 1.78. The SMILES string of the molecule is CCS(=O)(=O)CCNc1cc(C(=O)O)ccc1N. The normalized spacial score (nSPS) is 11.2. The van der Waals surface area contributed by atoms with Crippen molar-refractivity contribution in [1.82, 2.24) is 0 Å². The topological polar surface area (TPSA) is 109 Å². The third-order valence-electron chi connectivity index (χ3n) is 2.47. The van der Waals surface area contributed by atoms with Gasteiger partial charge in [0.15, 0.2) is 9.84 Å². The fourth-order valence-electron chi connectivity index (χ4n) is 1.33. The number of carbonyl (C=O) groups is 1. The summed E-state index contributed by atoms with van der Waals surface area (Å²) in [5, 5.41) is 11.7. The van der Waals surface area contributed by atoms with Crippen molar-refractivity contribution in [3.8, 4) is 0 Å². The van der Waals surface area contributed by atoms with Crippen LogP contribution in [0.4, 0.5) is 11.4 Å². The van der Waals surface area contributed by atoms with E-state index in [1.54, 1.807) is 6.92 Å². The highest BCUT2D eigenvalue weighted by molar-refractivity contribution is 7.91. The number of sulfone groups is 1. The lowest BCUT2D eigenvalue weighted by Gasteiger charge is -2.10. The number of aromatic carboxylic acids is 1. The Bertz CT molecular complexity index is 540. The van der Waals surface area contributed by atoms with E-state index in [-0.39, 0.29) is 23.6 Å². The Morgan fingerprint density at radius 3 is 2.67 bits per heavy atom. The molecule has 0 saturated carbocycles. The molecule has 0 amide bonds. The minimum absolute atomic E-state index is 0.0137. The average Bonchev–Trinajstić information content (AvgIpc) is 2.31. The van der Waals surface area contributed by atoms with Crippen molar-refractivity contribution < 1.29 is 18.3 Å². The molecule has 0 bridgehead atoms. The van der Waals surface area contributed by atoms with E-state index in [1.165, 1.54) is 18.2 Å². The van der Waals surface area contributed by atoms with Gasteiger partial charge in [-0.15, -0.1) is 0 Å². The molecule has 0 radical (unpaired) electrons. The Kier molecular flexibility index (Phi) is 4.55. The van der Waals surface area contributed by atoms with Crippen LogP contribution in [0.5, 0.6) is 0 Å². The third kappa shape index (κ3) is 3.92. The van der Waals surface area contributed by atoms with Gasteiger partial charge in [-0.3, -0.25) is 0 Å². The Hall–Kier alpha value is -1.76. The maximum Gasteiger partial charge on any atom is 0.335 e. The summed E-state index contributed by atoms with van der Waals surface area (Å²) in [7, 11) is -3.05. The molecule has 1 aromatic carbocycles. The highest BCUT2D eigenvalue weighted by atomic mass is 32.2. The van der Waals surface area contributed by atoms with Gasteiger partial charge in [0.2, 0.25) is 0 Å². The van der Waals surface area contributed by atoms with E-state index in [9.17, 15) is 13.2 Å². The predicted molar refractivity (Wildman–Crippen MR) is 70.6 cm³/mol. The summed E-state index contributed by atoms with van der Waals surface area (Å²) in [5.41, 5.74) is 6.58. The smallest absolute Gasteiger partial charge is 0.335 e. The maximum atomic E-state index is 11.3. The number of benzene rings is 1. The molecular weight excluding hydrogens is 256 g/mol. The van der Waals surface area contributed by atoms with E-state index in [0.717, 1.165) is 0 Å². The summed E-state index contributed by atoms with van der Waals surface area (Å²) >= 11 is 0. The van der Waals surface area contributed by atoms with E-state index in [2.05, 4.69) is 5.32 Å². The molecular formula is C11H16N2O4S. The van der Waals surface area contributed by atoms with E-state index >= 15 is 0 Å². The maximum absolute atomic E-state index is 11.3. The average molecular weight is 272 g/mol. The number of nitrogens with one attached hydrogen (secondary N) is 1. The third-order valence-corrected chi connectivity index (χ3v) is 4.17. The molecule has 0 aromatic heterocycles. The lowest BCUT2D eigenvalue weighted by Crippen LogP contribution is -2.17. The van der Waals surface area contributed by atoms with Crippen LogP contribution in [0.1, 0.15) is 17.3 Å². The molecule has 1 rings (SSSR count). The predicted octanol–water partition coefficient (Wildman–Crippen LogP) is 0.814. The van der Waals surface area contributed by atoms with Crippen LogP contribution in [-0.2, 0) is 9.84 Å². The lowest BCUT2D eigenvalue weighted by atomic mass is 10.2. The first kappa shape index (κ1) is 14.3. The number of hydrogen-bond donors (Lipinski definition) is 3. The summed E-state index contributed by atoms with van der Waals surface area (Å²) in [6, 6.07) is 4.25. The van der Waals surface area contributed by atoms with E-state index in [0.29, 0.717) is 11.4 Å². The van der Waals surface area contributed by atoms with Gasteiger partial charge in [0.1, 0.15) is 0 Å². The molecule has 1 aromatic rings. The number of carboxylic acids is 1. The monoisotopic (exact) mass is 272 g/mol. The largest absolute Gasteiger partial charge is 0.478 e. The van der Waals surface area contributed by atoms with Crippen molar-refractivity contribution in [2.24, 2.45) is 0 Å². The minimum Gasteiger partial charge on any atom is -0.478 e. The van der Waals surface area contributed by atoms with Gasteiger partial charge in [0.05, 0.1) is 22.7 Å². The second-order valence-corrected chi connectivity index (χ2v) is 6.24. The number of hydrogen-bond acceptors (Lipinski definition) is 5. The van der Waals surface area contributed by atoms with E-state index < -0.39 is 15.8 Å². The van der Waals surface area contributed by atoms with Gasteiger partial charge in [-0.25, -0.2) is 13.2 Å². The van der Waals surface area contributed by atoms with Crippen molar-refractivity contribution in [3.63, 3.8) is 0 Å². The fraction of sp³-hybridized carbons (Fsp3) is 0.364. The molecule has 7 heteroatoms. The van der Waals surface area contributed by atoms with Crippen molar-refractivity contribution in [1.29, 1.82) is 0 Å². The van der Waals surface area contributed by atoms with Crippen LogP contribution >= 0.6 is 0 Å². The van der Waals surface area contributed by atoms with Crippen LogP contribution in [0.25, 0.3) is 0 Å². The first-order valence-electron chi connectivity index (χ1n) is 5.43. The van der Waals surface area contributed by atoms with Crippen LogP contribution < -0.4 is 11.1 Å². The lowest BCUT2D eigenvalue weighted by molar-refractivity contribution is 0.0697. The Morgan fingerprint density at radius 1 is 1.44 bits per heavy atom. The first-order valence-corrected chi connectivity index (χ1v) is 7.25. The highest BCUT2D eigenvalue weighted by Crippen LogP contribution is 2.19. The Morgan fingerprint density at radius 2 is 2.11 bits per heavy atom. The highest BCUT2D eigenvalue weighted by Gasteiger charge is 2.09. The molecule has 100 valence electrons. The Labute approximate surface area is 106 Å². The minimum atomic E-state index is -3.05. The zero-order valence-corrected chi connectivity index (χ0v) is 10.8. The van der Waals surface area contributed by atoms with Gasteiger partial charge in [-0.1, -0.05) is 6.92 Å². The van der Waals surface area contributed by atoms with Gasteiger partial charge in [0.25, 0.3) is 0 Å². The van der Waals surface area contributed by atoms with Crippen molar-refractivity contribution in [2.45, 2.75) is 6.92 Å². The number of anilines is 2. The van der Waals surface area contributed by atoms with Crippen LogP contribution in [0.2, 0.25) is 0 Å². The van der Waals surface area contributed by atoms with E-state index in [1.807, 2.05) is 0 Å². The quantitative estimate of drug-likeness (QED) is 0.661. The van der Waals surface area contributed by atoms with Gasteiger partial charge < -0.3 is 16.2 Å². The molecule has 0 fully saturated rings. The second-order valence-electron chi connectivity index (χ2n) is 3.77. The zero-order chi connectivity index (χ0) is 13.8. The van der Waals surface area contributed by atoms with Crippen molar-refractivity contribution in [3.05, 3.63) is 23.8 Å². The molecule has 4 N–H and O–H groups in total. The fourth-order valence-corrected chi connectivity index (χ4v) is 2.03. The molecule has 0 aliphatic carbocycles. The molecule has 0 aliphatic heterocycles. The van der Waals surface area contributed by atoms with Crippen LogP contribution in [0, 0.1) is 0 Å². The van der Waals surface area contributed by atoms with Crippen molar-refractivity contribution in [2.75, 3.05) is 29.1 Å². The van der Waals surface area contributed by atoms with Crippen LogP contribution in [-0.4, -0.2) is 37.5 Å². The molecule has 0 atom stereocenters. The van der Waals surface area contributed by atoms with Crippen LogP contribution in [0.3, 0.4) is 0 Å². The number of nitrogen functional groups attached to an aromatic ring is 1. The molecule has 6 nitrogen and oxygen atoms in total. The summed E-state index contributed by atoms with van der Waals surface area (Å²) in [6.07, 6.45) is 0. The van der Waals surface area contributed by atoms with Crippen molar-refractivity contribution >= 4 is 27.2 Å². The van der Waals surface area contributed by atoms with E-state index in [4.69, 9.17) is 10.8 Å². The number of nitrogens with two attached hydrogens (primary N) is 1. The molecule has 0 spiro atoms. The molecule has 0 heterocycles. The van der Waals surface area contributed by atoms with Gasteiger partial charge in [-0.05, 0) is 18.2 Å². The summed E-state index contributed by atoms with van der Waals surface area (Å²) in [4.78, 5) is 10.8.